The van der Waals surface area contributed by atoms with E-state index in [0.717, 1.165) is 30.0 Å². The molecule has 0 bridgehead atoms. The van der Waals surface area contributed by atoms with Gasteiger partial charge in [0.05, 0.1) is 11.6 Å². The molecule has 0 saturated heterocycles. The van der Waals surface area contributed by atoms with Gasteiger partial charge in [0, 0.05) is 33.4 Å². The van der Waals surface area contributed by atoms with Crippen LogP contribution in [0.5, 0.6) is 0 Å². The standard InChI is InChI=1S/C15H15Cl2N3OS/c16-10-1-2-11(12(17)6-10)14-5-9-7-20(8-15(21)19-18)4-3-13(9)22-14/h1-2,5-6H,3-4,7-8,18H2,(H,19,21). The summed E-state index contributed by atoms with van der Waals surface area (Å²) in [7, 11) is 0. The number of nitrogens with one attached hydrogen (secondary N) is 1. The van der Waals surface area contributed by atoms with Crippen LogP contribution in [-0.4, -0.2) is 23.9 Å². The van der Waals surface area contributed by atoms with E-state index in [9.17, 15) is 4.79 Å². The summed E-state index contributed by atoms with van der Waals surface area (Å²) in [5, 5.41) is 1.29. The van der Waals surface area contributed by atoms with Gasteiger partial charge in [-0.05, 0) is 30.2 Å². The molecule has 2 heterocycles. The van der Waals surface area contributed by atoms with Gasteiger partial charge in [-0.1, -0.05) is 29.3 Å². The lowest BCUT2D eigenvalue weighted by atomic mass is 10.1. The lowest BCUT2D eigenvalue weighted by molar-refractivity contribution is -0.122. The third-order valence-corrected chi connectivity index (χ3v) is 5.49. The van der Waals surface area contributed by atoms with Crippen molar-refractivity contribution < 1.29 is 4.79 Å². The molecule has 116 valence electrons. The Labute approximate surface area is 142 Å². The van der Waals surface area contributed by atoms with Crippen molar-refractivity contribution >= 4 is 40.4 Å². The monoisotopic (exact) mass is 355 g/mol. The van der Waals surface area contributed by atoms with Crippen molar-refractivity contribution in [1.29, 1.82) is 0 Å². The Morgan fingerprint density at radius 1 is 1.36 bits per heavy atom. The Balaban J connectivity index is 1.83. The van der Waals surface area contributed by atoms with Crippen LogP contribution in [0.25, 0.3) is 10.4 Å². The minimum absolute atomic E-state index is 0.167. The molecule has 7 heteroatoms. The molecule has 0 spiro atoms. The summed E-state index contributed by atoms with van der Waals surface area (Å²) >= 11 is 14.0. The Morgan fingerprint density at radius 2 is 2.18 bits per heavy atom. The molecule has 4 nitrogen and oxygen atoms in total. The zero-order chi connectivity index (χ0) is 15.7. The van der Waals surface area contributed by atoms with Gasteiger partial charge in [0.2, 0.25) is 5.91 Å². The summed E-state index contributed by atoms with van der Waals surface area (Å²) in [5.74, 6) is 4.98. The van der Waals surface area contributed by atoms with Crippen molar-refractivity contribution in [3.05, 3.63) is 44.8 Å². The van der Waals surface area contributed by atoms with Crippen LogP contribution in [0.2, 0.25) is 10.0 Å². The highest BCUT2D eigenvalue weighted by Gasteiger charge is 2.21. The highest BCUT2D eigenvalue weighted by Crippen LogP contribution is 2.38. The average Bonchev–Trinajstić information content (AvgIpc) is 2.89. The van der Waals surface area contributed by atoms with Gasteiger partial charge in [-0.15, -0.1) is 11.3 Å². The van der Waals surface area contributed by atoms with Crippen LogP contribution in [-0.2, 0) is 17.8 Å². The zero-order valence-corrected chi connectivity index (χ0v) is 14.1. The number of amides is 1. The maximum Gasteiger partial charge on any atom is 0.248 e. The van der Waals surface area contributed by atoms with Crippen LogP contribution in [0.15, 0.2) is 24.3 Å². The number of nitrogens with two attached hydrogens (primary N) is 1. The number of hydrazine groups is 1. The van der Waals surface area contributed by atoms with Gasteiger partial charge in [0.25, 0.3) is 0 Å². The molecule has 0 radical (unpaired) electrons. The van der Waals surface area contributed by atoms with Crippen LogP contribution in [0.1, 0.15) is 10.4 Å². The molecular formula is C15H15Cl2N3OS. The van der Waals surface area contributed by atoms with Crippen LogP contribution in [0.3, 0.4) is 0 Å². The SMILES string of the molecule is NNC(=O)CN1CCc2sc(-c3ccc(Cl)cc3Cl)cc2C1. The zero-order valence-electron chi connectivity index (χ0n) is 11.7. The molecular weight excluding hydrogens is 341 g/mol. The van der Waals surface area contributed by atoms with Crippen molar-refractivity contribution in [1.82, 2.24) is 10.3 Å². The van der Waals surface area contributed by atoms with E-state index in [1.165, 1.54) is 10.4 Å². The van der Waals surface area contributed by atoms with Gasteiger partial charge in [0.15, 0.2) is 0 Å². The van der Waals surface area contributed by atoms with Crippen LogP contribution in [0, 0.1) is 0 Å². The fourth-order valence-electron chi connectivity index (χ4n) is 2.60. The van der Waals surface area contributed by atoms with Crippen molar-refractivity contribution in [2.75, 3.05) is 13.1 Å². The van der Waals surface area contributed by atoms with E-state index >= 15 is 0 Å². The fourth-order valence-corrected chi connectivity index (χ4v) is 4.37. The van der Waals surface area contributed by atoms with Crippen molar-refractivity contribution in [2.45, 2.75) is 13.0 Å². The molecule has 0 atom stereocenters. The fraction of sp³-hybridized carbons (Fsp3) is 0.267. The number of rotatable bonds is 3. The normalized spacial score (nSPS) is 14.7. The van der Waals surface area contributed by atoms with E-state index in [4.69, 9.17) is 29.0 Å². The second kappa shape index (κ2) is 6.56. The minimum atomic E-state index is -0.167. The van der Waals surface area contributed by atoms with E-state index in [0.29, 0.717) is 16.6 Å². The first kappa shape index (κ1) is 15.8. The summed E-state index contributed by atoms with van der Waals surface area (Å²) in [5.41, 5.74) is 4.42. The number of hydrogen-bond acceptors (Lipinski definition) is 4. The Kier molecular flexibility index (Phi) is 4.70. The molecule has 0 unspecified atom stereocenters. The number of hydrogen-bond donors (Lipinski definition) is 2. The van der Waals surface area contributed by atoms with Crippen LogP contribution in [0.4, 0.5) is 0 Å². The number of nitrogens with zero attached hydrogens (tertiary/aromatic N) is 1. The smallest absolute Gasteiger partial charge is 0.248 e. The van der Waals surface area contributed by atoms with Gasteiger partial charge in [0.1, 0.15) is 0 Å². The predicted molar refractivity (Wildman–Crippen MR) is 91.1 cm³/mol. The second-order valence-corrected chi connectivity index (χ2v) is 7.19. The van der Waals surface area contributed by atoms with Crippen molar-refractivity contribution in [3.63, 3.8) is 0 Å². The molecule has 1 aliphatic heterocycles. The van der Waals surface area contributed by atoms with Crippen LogP contribution >= 0.6 is 34.5 Å². The lowest BCUT2D eigenvalue weighted by Gasteiger charge is -2.25. The van der Waals surface area contributed by atoms with Gasteiger partial charge in [-0.25, -0.2) is 5.84 Å². The van der Waals surface area contributed by atoms with E-state index in [-0.39, 0.29) is 5.91 Å². The van der Waals surface area contributed by atoms with Crippen LogP contribution < -0.4 is 11.3 Å². The average molecular weight is 356 g/mol. The van der Waals surface area contributed by atoms with E-state index in [1.807, 2.05) is 12.1 Å². The molecule has 3 N–H and O–H groups in total. The summed E-state index contributed by atoms with van der Waals surface area (Å²) in [6.45, 7) is 1.93. The predicted octanol–water partition coefficient (Wildman–Crippen LogP) is 3.07. The molecule has 1 aromatic heterocycles. The number of benzene rings is 1. The highest BCUT2D eigenvalue weighted by atomic mass is 35.5. The third kappa shape index (κ3) is 3.29. The molecule has 0 aliphatic carbocycles. The van der Waals surface area contributed by atoms with Gasteiger partial charge in [-0.3, -0.25) is 15.1 Å². The number of halogens is 2. The molecule has 1 aliphatic rings. The summed E-state index contributed by atoms with van der Waals surface area (Å²) in [4.78, 5) is 16.0. The van der Waals surface area contributed by atoms with E-state index in [1.54, 1.807) is 17.4 Å². The van der Waals surface area contributed by atoms with Crippen molar-refractivity contribution in [3.8, 4) is 10.4 Å². The summed E-state index contributed by atoms with van der Waals surface area (Å²) in [6.07, 6.45) is 0.934. The maximum absolute atomic E-state index is 11.4. The van der Waals surface area contributed by atoms with Crippen molar-refractivity contribution in [2.24, 2.45) is 5.84 Å². The van der Waals surface area contributed by atoms with E-state index < -0.39 is 0 Å². The summed E-state index contributed by atoms with van der Waals surface area (Å²) < 4.78 is 0. The van der Waals surface area contributed by atoms with E-state index in [2.05, 4.69) is 16.4 Å². The first-order valence-electron chi connectivity index (χ1n) is 6.85. The number of fused-ring (bicyclic) bond motifs is 1. The van der Waals surface area contributed by atoms with Gasteiger partial charge < -0.3 is 0 Å². The van der Waals surface area contributed by atoms with Gasteiger partial charge >= 0.3 is 0 Å². The number of thiophene rings is 1. The van der Waals surface area contributed by atoms with Gasteiger partial charge in [-0.2, -0.15) is 0 Å². The highest BCUT2D eigenvalue weighted by molar-refractivity contribution is 7.15. The Bertz CT molecular complexity index is 717. The molecule has 1 amide bonds. The third-order valence-electron chi connectivity index (χ3n) is 3.67. The Morgan fingerprint density at radius 3 is 2.91 bits per heavy atom. The molecule has 1 aromatic carbocycles. The largest absolute Gasteiger partial charge is 0.293 e. The molecule has 3 rings (SSSR count). The second-order valence-electron chi connectivity index (χ2n) is 5.21. The first-order valence-corrected chi connectivity index (χ1v) is 8.43. The minimum Gasteiger partial charge on any atom is -0.293 e. The molecule has 0 saturated carbocycles. The summed E-state index contributed by atoms with van der Waals surface area (Å²) in [6, 6.07) is 7.71. The molecule has 22 heavy (non-hydrogen) atoms. The lowest BCUT2D eigenvalue weighted by Crippen LogP contribution is -2.42. The molecule has 0 fully saturated rings. The number of carbonyl (C=O) groups is 1. The number of carbonyl (C=O) groups excluding carboxylic acids is 1. The molecule has 2 aromatic rings. The topological polar surface area (TPSA) is 58.4 Å². The Hall–Kier alpha value is -1.11. The maximum atomic E-state index is 11.4. The quantitative estimate of drug-likeness (QED) is 0.505. The first-order chi connectivity index (χ1) is 10.6.